The summed E-state index contributed by atoms with van der Waals surface area (Å²) in [6, 6.07) is 75.1. The summed E-state index contributed by atoms with van der Waals surface area (Å²) in [7, 11) is 0. The van der Waals surface area contributed by atoms with Crippen LogP contribution in [0.3, 0.4) is 0 Å². The number of hydrogen-bond donors (Lipinski definition) is 0. The van der Waals surface area contributed by atoms with Crippen molar-refractivity contribution in [3.05, 3.63) is 212 Å². The molecule has 2 heterocycles. The number of benzene rings is 9. The van der Waals surface area contributed by atoms with Crippen molar-refractivity contribution >= 4 is 60.9 Å². The van der Waals surface area contributed by atoms with Gasteiger partial charge in [-0.2, -0.15) is 0 Å². The Morgan fingerprint density at radius 3 is 1.44 bits per heavy atom. The van der Waals surface area contributed by atoms with E-state index in [4.69, 9.17) is 8.83 Å². The lowest BCUT2D eigenvalue weighted by Gasteiger charge is -2.27. The summed E-state index contributed by atoms with van der Waals surface area (Å²) in [5, 5.41) is 4.47. The molecule has 0 saturated carbocycles. The van der Waals surface area contributed by atoms with Gasteiger partial charge in [0.25, 0.3) is 0 Å². The monoisotopic (exact) mass is 729 g/mol. The molecule has 0 radical (unpaired) electrons. The van der Waals surface area contributed by atoms with Crippen LogP contribution in [0, 0.1) is 0 Å². The zero-order chi connectivity index (χ0) is 37.7. The third kappa shape index (κ3) is 5.68. The Balaban J connectivity index is 1.11. The number of fused-ring (bicyclic) bond motifs is 6. The number of rotatable bonds is 7. The maximum atomic E-state index is 6.58. The molecular formula is C54H35NO2. The molecule has 11 aromatic rings. The van der Waals surface area contributed by atoms with Crippen molar-refractivity contribution in [2.24, 2.45) is 0 Å². The molecule has 268 valence electrons. The Labute approximate surface area is 330 Å². The lowest BCUT2D eigenvalue weighted by atomic mass is 9.92. The maximum absolute atomic E-state index is 6.58. The highest BCUT2D eigenvalue weighted by atomic mass is 16.3. The minimum atomic E-state index is 0.890. The molecule has 0 amide bonds. The van der Waals surface area contributed by atoms with E-state index in [1.165, 1.54) is 11.1 Å². The van der Waals surface area contributed by atoms with E-state index < -0.39 is 0 Å². The largest absolute Gasteiger partial charge is 0.455 e. The molecule has 0 aliphatic rings. The fourth-order valence-electron chi connectivity index (χ4n) is 8.39. The van der Waals surface area contributed by atoms with Crippen molar-refractivity contribution < 1.29 is 8.83 Å². The van der Waals surface area contributed by atoms with Crippen molar-refractivity contribution in [2.45, 2.75) is 0 Å². The van der Waals surface area contributed by atoms with Gasteiger partial charge < -0.3 is 13.7 Å². The highest BCUT2D eigenvalue weighted by Crippen LogP contribution is 2.45. The topological polar surface area (TPSA) is 29.5 Å². The van der Waals surface area contributed by atoms with Gasteiger partial charge in [0.05, 0.1) is 0 Å². The number of hydrogen-bond acceptors (Lipinski definition) is 3. The molecule has 0 bridgehead atoms. The Morgan fingerprint density at radius 2 is 0.754 bits per heavy atom. The van der Waals surface area contributed by atoms with E-state index in [2.05, 4.69) is 193 Å². The predicted octanol–water partition coefficient (Wildman–Crippen LogP) is 15.6. The molecule has 0 aliphatic carbocycles. The molecule has 9 aromatic carbocycles. The van der Waals surface area contributed by atoms with Gasteiger partial charge in [0.2, 0.25) is 0 Å². The Hall–Kier alpha value is -7.62. The van der Waals surface area contributed by atoms with E-state index in [1.807, 2.05) is 24.3 Å². The zero-order valence-electron chi connectivity index (χ0n) is 31.0. The van der Waals surface area contributed by atoms with Gasteiger partial charge in [-0.15, -0.1) is 0 Å². The third-order valence-electron chi connectivity index (χ3n) is 11.1. The molecule has 0 fully saturated rings. The van der Waals surface area contributed by atoms with Crippen LogP contribution < -0.4 is 4.90 Å². The summed E-state index contributed by atoms with van der Waals surface area (Å²) in [4.78, 5) is 2.36. The molecule has 11 rings (SSSR count). The Kier molecular flexibility index (Phi) is 7.82. The molecule has 2 aromatic heterocycles. The maximum Gasteiger partial charge on any atom is 0.143 e. The van der Waals surface area contributed by atoms with Gasteiger partial charge in [0.1, 0.15) is 22.3 Å². The van der Waals surface area contributed by atoms with Crippen molar-refractivity contribution in [2.75, 3.05) is 4.90 Å². The van der Waals surface area contributed by atoms with Crippen LogP contribution in [0.2, 0.25) is 0 Å². The average Bonchev–Trinajstić information content (AvgIpc) is 3.86. The molecule has 57 heavy (non-hydrogen) atoms. The Bertz CT molecular complexity index is 3230. The molecule has 0 atom stereocenters. The van der Waals surface area contributed by atoms with Crippen molar-refractivity contribution in [1.82, 2.24) is 0 Å². The smallest absolute Gasteiger partial charge is 0.143 e. The van der Waals surface area contributed by atoms with Gasteiger partial charge in [0.15, 0.2) is 0 Å². The van der Waals surface area contributed by atoms with Gasteiger partial charge in [-0.1, -0.05) is 164 Å². The van der Waals surface area contributed by atoms with Crippen molar-refractivity contribution in [3.8, 4) is 44.5 Å². The molecule has 0 spiro atoms. The third-order valence-corrected chi connectivity index (χ3v) is 11.1. The molecule has 0 saturated heterocycles. The van der Waals surface area contributed by atoms with Crippen LogP contribution in [0.4, 0.5) is 17.1 Å². The highest BCUT2D eigenvalue weighted by Gasteiger charge is 2.20. The summed E-state index contributed by atoms with van der Waals surface area (Å²) in [5.41, 5.74) is 15.6. The van der Waals surface area contributed by atoms with Crippen molar-refractivity contribution in [1.29, 1.82) is 0 Å². The first-order valence-electron chi connectivity index (χ1n) is 19.3. The van der Waals surface area contributed by atoms with E-state index >= 15 is 0 Å². The minimum Gasteiger partial charge on any atom is -0.455 e. The van der Waals surface area contributed by atoms with Crippen LogP contribution in [0.15, 0.2) is 221 Å². The summed E-state index contributed by atoms with van der Waals surface area (Å²) in [6.45, 7) is 0. The number of furan rings is 2. The number of para-hydroxylation sites is 4. The van der Waals surface area contributed by atoms with Gasteiger partial charge in [-0.3, -0.25) is 0 Å². The van der Waals surface area contributed by atoms with E-state index in [0.717, 1.165) is 94.3 Å². The number of anilines is 3. The normalized spacial score (nSPS) is 11.5. The van der Waals surface area contributed by atoms with Crippen molar-refractivity contribution in [3.63, 3.8) is 0 Å². The van der Waals surface area contributed by atoms with Gasteiger partial charge >= 0.3 is 0 Å². The van der Waals surface area contributed by atoms with E-state index in [9.17, 15) is 0 Å². The first-order valence-corrected chi connectivity index (χ1v) is 19.3. The molecule has 0 aliphatic heterocycles. The van der Waals surface area contributed by atoms with Crippen LogP contribution >= 0.6 is 0 Å². The second-order valence-electron chi connectivity index (χ2n) is 14.5. The fourth-order valence-corrected chi connectivity index (χ4v) is 8.39. The second-order valence-corrected chi connectivity index (χ2v) is 14.5. The van der Waals surface area contributed by atoms with Gasteiger partial charge in [0, 0.05) is 49.7 Å². The Morgan fingerprint density at radius 1 is 0.263 bits per heavy atom. The quantitative estimate of drug-likeness (QED) is 0.164. The highest BCUT2D eigenvalue weighted by molar-refractivity contribution is 6.11. The van der Waals surface area contributed by atoms with Crippen LogP contribution in [0.1, 0.15) is 0 Å². The SMILES string of the molecule is c1ccc(-c2ccc(N(c3cccc(-c4cccc5c4oc4ccccc45)c3)c3ccc(-c4cccc5c4oc4ccccc45)c(-c4ccccc4)c3)cc2)cc1. The lowest BCUT2D eigenvalue weighted by Crippen LogP contribution is -2.10. The summed E-state index contributed by atoms with van der Waals surface area (Å²) >= 11 is 0. The van der Waals surface area contributed by atoms with Crippen LogP contribution in [0.5, 0.6) is 0 Å². The molecular weight excluding hydrogens is 695 g/mol. The summed E-state index contributed by atoms with van der Waals surface area (Å²) < 4.78 is 13.1. The average molecular weight is 730 g/mol. The first kappa shape index (κ1) is 32.8. The second kappa shape index (κ2) is 13.6. The van der Waals surface area contributed by atoms with E-state index in [0.29, 0.717) is 0 Å². The van der Waals surface area contributed by atoms with Crippen LogP contribution in [-0.2, 0) is 0 Å². The van der Waals surface area contributed by atoms with E-state index in [-0.39, 0.29) is 0 Å². The molecule has 3 heteroatoms. The van der Waals surface area contributed by atoms with Gasteiger partial charge in [-0.05, 0) is 81.9 Å². The summed E-state index contributed by atoms with van der Waals surface area (Å²) in [6.07, 6.45) is 0. The van der Waals surface area contributed by atoms with Crippen LogP contribution in [-0.4, -0.2) is 0 Å². The predicted molar refractivity (Wildman–Crippen MR) is 237 cm³/mol. The van der Waals surface area contributed by atoms with Crippen LogP contribution in [0.25, 0.3) is 88.4 Å². The summed E-state index contributed by atoms with van der Waals surface area (Å²) in [5.74, 6) is 0. The molecule has 3 nitrogen and oxygen atoms in total. The lowest BCUT2D eigenvalue weighted by molar-refractivity contribution is 0.669. The fraction of sp³-hybridized carbons (Fsp3) is 0. The standard InChI is InChI=1S/C54H35NO2/c1-3-14-36(15-4-1)37-28-30-40(31-29-37)55(41-19-11-18-39(34-41)43-22-12-24-48-45-20-7-9-26-51(45)56-53(43)48)42-32-33-44(50(35-42)38-16-5-2-6-17-38)47-23-13-25-49-46-21-8-10-27-52(46)57-54(47)49/h1-35H. The molecule has 0 N–H and O–H groups in total. The first-order chi connectivity index (χ1) is 28.3. The van der Waals surface area contributed by atoms with Gasteiger partial charge in [-0.25, -0.2) is 0 Å². The minimum absolute atomic E-state index is 0.890. The number of nitrogens with zero attached hydrogens (tertiary/aromatic N) is 1. The zero-order valence-corrected chi connectivity index (χ0v) is 31.0. The molecule has 0 unspecified atom stereocenters. The van der Waals surface area contributed by atoms with E-state index in [1.54, 1.807) is 0 Å².